The second kappa shape index (κ2) is 6.72. The smallest absolute Gasteiger partial charge is 0.335 e. The first-order valence-electron chi connectivity index (χ1n) is 8.01. The standard InChI is InChI=1S/C17H13N7O4/c25-13(26)8-1-3-9(4-2-8)18-14-22-15(24-17(28)23-14)19-10-5-6-11-12(7-10)21-16(27)20-11/h1-7H,(H,25,26)(H2,20,21,27)(H3,18,19,22,23,24,28). The van der Waals surface area contributed by atoms with Crippen LogP contribution < -0.4 is 16.3 Å². The number of imidazole rings is 1. The molecule has 0 saturated carbocycles. The number of carboxylic acid groups (broad SMARTS) is 1. The van der Waals surface area contributed by atoms with Crippen LogP contribution >= 0.6 is 0 Å². The number of benzene rings is 2. The summed E-state index contributed by atoms with van der Waals surface area (Å²) in [6, 6.07) is 10.6. The molecule has 11 nitrogen and oxygen atoms in total. The van der Waals surface area contributed by atoms with E-state index >= 15 is 0 Å². The largest absolute Gasteiger partial charge is 0.479 e. The fourth-order valence-corrected chi connectivity index (χ4v) is 2.54. The number of hydrogen-bond acceptors (Lipinski definition) is 8. The summed E-state index contributed by atoms with van der Waals surface area (Å²) in [4.78, 5) is 39.3. The number of hydrogen-bond donors (Lipinski definition) is 6. The van der Waals surface area contributed by atoms with Crippen LogP contribution in [-0.4, -0.2) is 41.1 Å². The normalized spacial score (nSPS) is 10.7. The van der Waals surface area contributed by atoms with Gasteiger partial charge in [-0.15, -0.1) is 0 Å². The molecule has 0 saturated heterocycles. The Morgan fingerprint density at radius 1 is 0.857 bits per heavy atom. The van der Waals surface area contributed by atoms with Crippen LogP contribution in [-0.2, 0) is 0 Å². The van der Waals surface area contributed by atoms with Gasteiger partial charge in [-0.1, -0.05) is 0 Å². The lowest BCUT2D eigenvalue weighted by Gasteiger charge is -2.08. The molecule has 0 spiro atoms. The summed E-state index contributed by atoms with van der Waals surface area (Å²) in [5, 5.41) is 24.5. The van der Waals surface area contributed by atoms with Crippen LogP contribution in [0.5, 0.6) is 6.01 Å². The Morgan fingerprint density at radius 2 is 1.46 bits per heavy atom. The first-order chi connectivity index (χ1) is 13.5. The van der Waals surface area contributed by atoms with E-state index in [1.165, 1.54) is 12.1 Å². The number of nitrogens with one attached hydrogen (secondary N) is 4. The maximum Gasteiger partial charge on any atom is 0.335 e. The molecule has 28 heavy (non-hydrogen) atoms. The minimum atomic E-state index is -1.03. The summed E-state index contributed by atoms with van der Waals surface area (Å²) in [5.41, 5.74) is 2.21. The molecule has 0 radical (unpaired) electrons. The number of aromatic nitrogens is 5. The number of H-pyrrole nitrogens is 2. The van der Waals surface area contributed by atoms with Crippen molar-refractivity contribution in [2.45, 2.75) is 0 Å². The highest BCUT2D eigenvalue weighted by Gasteiger charge is 2.08. The van der Waals surface area contributed by atoms with Gasteiger partial charge in [-0.05, 0) is 42.5 Å². The molecule has 2 heterocycles. The minimum absolute atomic E-state index is 0.0641. The molecule has 0 aliphatic carbocycles. The maximum absolute atomic E-state index is 11.3. The van der Waals surface area contributed by atoms with E-state index in [4.69, 9.17) is 5.11 Å². The maximum atomic E-state index is 11.3. The van der Waals surface area contributed by atoms with Crippen molar-refractivity contribution < 1.29 is 15.0 Å². The van der Waals surface area contributed by atoms with Crippen LogP contribution in [0.25, 0.3) is 11.0 Å². The summed E-state index contributed by atoms with van der Waals surface area (Å²) >= 11 is 0. The molecule has 0 aliphatic heterocycles. The molecule has 0 bridgehead atoms. The Kier molecular flexibility index (Phi) is 4.09. The third-order valence-electron chi connectivity index (χ3n) is 3.78. The van der Waals surface area contributed by atoms with Gasteiger partial charge in [0, 0.05) is 11.4 Å². The molecule has 140 valence electrons. The molecule has 6 N–H and O–H groups in total. The number of fused-ring (bicyclic) bond motifs is 1. The van der Waals surface area contributed by atoms with E-state index in [1.807, 2.05) is 0 Å². The van der Waals surface area contributed by atoms with Gasteiger partial charge in [0.05, 0.1) is 16.6 Å². The average Bonchev–Trinajstić information content (AvgIpc) is 3.01. The van der Waals surface area contributed by atoms with Gasteiger partial charge in [0.2, 0.25) is 11.9 Å². The Labute approximate surface area is 156 Å². The van der Waals surface area contributed by atoms with E-state index in [1.54, 1.807) is 30.3 Å². The molecule has 4 aromatic rings. The lowest BCUT2D eigenvalue weighted by Crippen LogP contribution is -2.04. The number of aromatic hydroxyl groups is 1. The van der Waals surface area contributed by atoms with E-state index in [0.717, 1.165) is 0 Å². The van der Waals surface area contributed by atoms with Crippen LogP contribution in [0.1, 0.15) is 10.4 Å². The van der Waals surface area contributed by atoms with Crippen LogP contribution in [0, 0.1) is 0 Å². The summed E-state index contributed by atoms with van der Waals surface area (Å²) in [5.74, 6) is -0.889. The van der Waals surface area contributed by atoms with Crippen molar-refractivity contribution in [3.63, 3.8) is 0 Å². The molecule has 0 fully saturated rings. The van der Waals surface area contributed by atoms with E-state index in [9.17, 15) is 14.7 Å². The number of aromatic carboxylic acids is 1. The lowest BCUT2D eigenvalue weighted by atomic mass is 10.2. The number of carboxylic acids is 1. The highest BCUT2D eigenvalue weighted by atomic mass is 16.4. The number of anilines is 4. The summed E-state index contributed by atoms with van der Waals surface area (Å²) < 4.78 is 0. The molecule has 4 rings (SSSR count). The van der Waals surface area contributed by atoms with Gasteiger partial charge in [0.15, 0.2) is 0 Å². The zero-order chi connectivity index (χ0) is 19.7. The van der Waals surface area contributed by atoms with E-state index in [2.05, 4.69) is 35.6 Å². The second-order valence-corrected chi connectivity index (χ2v) is 5.75. The number of nitrogens with zero attached hydrogens (tertiary/aromatic N) is 3. The van der Waals surface area contributed by atoms with Gasteiger partial charge in [-0.2, -0.15) is 15.0 Å². The second-order valence-electron chi connectivity index (χ2n) is 5.75. The first-order valence-corrected chi connectivity index (χ1v) is 8.01. The number of aromatic amines is 2. The van der Waals surface area contributed by atoms with Crippen molar-refractivity contribution in [2.24, 2.45) is 0 Å². The van der Waals surface area contributed by atoms with E-state index in [0.29, 0.717) is 22.4 Å². The molecular weight excluding hydrogens is 366 g/mol. The zero-order valence-electron chi connectivity index (χ0n) is 14.1. The summed E-state index contributed by atoms with van der Waals surface area (Å²) in [6.07, 6.45) is 0. The fourth-order valence-electron chi connectivity index (χ4n) is 2.54. The average molecular weight is 379 g/mol. The summed E-state index contributed by atoms with van der Waals surface area (Å²) in [7, 11) is 0. The lowest BCUT2D eigenvalue weighted by molar-refractivity contribution is 0.0697. The molecule has 11 heteroatoms. The van der Waals surface area contributed by atoms with Crippen molar-refractivity contribution in [2.75, 3.05) is 10.6 Å². The fraction of sp³-hybridized carbons (Fsp3) is 0. The Balaban J connectivity index is 1.57. The highest BCUT2D eigenvalue weighted by Crippen LogP contribution is 2.21. The quantitative estimate of drug-likeness (QED) is 0.303. The van der Waals surface area contributed by atoms with Crippen molar-refractivity contribution in [3.8, 4) is 6.01 Å². The first kappa shape index (κ1) is 17.0. The van der Waals surface area contributed by atoms with E-state index < -0.39 is 12.0 Å². The van der Waals surface area contributed by atoms with Crippen molar-refractivity contribution in [1.82, 2.24) is 24.9 Å². The van der Waals surface area contributed by atoms with Crippen molar-refractivity contribution >= 4 is 40.3 Å². The van der Waals surface area contributed by atoms with Crippen molar-refractivity contribution in [1.29, 1.82) is 0 Å². The molecule has 2 aromatic carbocycles. The molecule has 0 aliphatic rings. The molecule has 2 aromatic heterocycles. The Bertz CT molecular complexity index is 1230. The topological polar surface area (TPSA) is 169 Å². The number of rotatable bonds is 5. The van der Waals surface area contributed by atoms with Crippen LogP contribution in [0.3, 0.4) is 0 Å². The highest BCUT2D eigenvalue weighted by molar-refractivity contribution is 5.88. The van der Waals surface area contributed by atoms with Gasteiger partial charge in [-0.25, -0.2) is 9.59 Å². The van der Waals surface area contributed by atoms with Crippen molar-refractivity contribution in [3.05, 3.63) is 58.5 Å². The third-order valence-corrected chi connectivity index (χ3v) is 3.78. The SMILES string of the molecule is O=C(O)c1ccc(Nc2nc(O)nc(Nc3ccc4[nH]c(=O)[nH]c4c3)n2)cc1. The monoisotopic (exact) mass is 379 g/mol. The van der Waals surface area contributed by atoms with Crippen LogP contribution in [0.2, 0.25) is 0 Å². The molecule has 0 amide bonds. The van der Waals surface area contributed by atoms with Gasteiger partial charge in [0.25, 0.3) is 0 Å². The molecule has 0 atom stereocenters. The Morgan fingerprint density at radius 3 is 2.14 bits per heavy atom. The van der Waals surface area contributed by atoms with Gasteiger partial charge >= 0.3 is 17.7 Å². The number of carbonyl (C=O) groups is 1. The van der Waals surface area contributed by atoms with Crippen LogP contribution in [0.15, 0.2) is 47.3 Å². The van der Waals surface area contributed by atoms with Gasteiger partial charge < -0.3 is 30.8 Å². The third kappa shape index (κ3) is 3.58. The zero-order valence-corrected chi connectivity index (χ0v) is 14.1. The summed E-state index contributed by atoms with van der Waals surface area (Å²) in [6.45, 7) is 0. The molecular formula is C17H13N7O4. The van der Waals surface area contributed by atoms with Gasteiger partial charge in [0.1, 0.15) is 0 Å². The Hall–Kier alpha value is -4.41. The van der Waals surface area contributed by atoms with Gasteiger partial charge in [-0.3, -0.25) is 0 Å². The van der Waals surface area contributed by atoms with Crippen LogP contribution in [0.4, 0.5) is 23.3 Å². The van der Waals surface area contributed by atoms with E-state index in [-0.39, 0.29) is 23.1 Å². The predicted octanol–water partition coefficient (Wildman–Crippen LogP) is 1.93. The molecule has 0 unspecified atom stereocenters. The minimum Gasteiger partial charge on any atom is -0.479 e. The predicted molar refractivity (Wildman–Crippen MR) is 100 cm³/mol.